The van der Waals surface area contributed by atoms with Crippen molar-refractivity contribution in [1.82, 2.24) is 5.32 Å². The van der Waals surface area contributed by atoms with Crippen LogP contribution in [-0.4, -0.2) is 32.0 Å². The molecule has 138 valence electrons. The van der Waals surface area contributed by atoms with E-state index in [4.69, 9.17) is 16.3 Å². The number of nitrogens with one attached hydrogen (secondary N) is 1. The lowest BCUT2D eigenvalue weighted by Gasteiger charge is -2.16. The number of amides is 2. The maximum atomic E-state index is 12.3. The van der Waals surface area contributed by atoms with Gasteiger partial charge in [0, 0.05) is 24.2 Å². The molecule has 0 saturated carbocycles. The fraction of sp³-hybridized carbons (Fsp3) is 0.238. The van der Waals surface area contributed by atoms with Crippen LogP contribution >= 0.6 is 11.6 Å². The molecule has 27 heavy (non-hydrogen) atoms. The Labute approximate surface area is 163 Å². The van der Waals surface area contributed by atoms with Crippen molar-refractivity contribution < 1.29 is 14.3 Å². The summed E-state index contributed by atoms with van der Waals surface area (Å²) in [6.45, 7) is 0.562. The first kappa shape index (κ1) is 18.8. The van der Waals surface area contributed by atoms with E-state index in [0.717, 1.165) is 17.0 Å². The number of benzene rings is 2. The number of anilines is 1. The van der Waals surface area contributed by atoms with Crippen molar-refractivity contribution in [3.8, 4) is 17.6 Å². The van der Waals surface area contributed by atoms with Gasteiger partial charge in [0.2, 0.25) is 11.8 Å². The van der Waals surface area contributed by atoms with E-state index < -0.39 is 0 Å². The summed E-state index contributed by atoms with van der Waals surface area (Å²) in [5.74, 6) is 5.90. The number of nitrogens with zero attached hydrogens (tertiary/aromatic N) is 1. The fourth-order valence-corrected chi connectivity index (χ4v) is 3.06. The second-order valence-corrected chi connectivity index (χ2v) is 6.51. The highest BCUT2D eigenvalue weighted by molar-refractivity contribution is 6.31. The van der Waals surface area contributed by atoms with E-state index >= 15 is 0 Å². The average molecular weight is 383 g/mol. The molecule has 6 heteroatoms. The Bertz CT molecular complexity index is 900. The van der Waals surface area contributed by atoms with E-state index in [0.29, 0.717) is 11.6 Å². The molecule has 1 unspecified atom stereocenters. The van der Waals surface area contributed by atoms with Crippen LogP contribution in [0.2, 0.25) is 5.02 Å². The maximum Gasteiger partial charge on any atom is 0.227 e. The van der Waals surface area contributed by atoms with Crippen molar-refractivity contribution in [1.29, 1.82) is 0 Å². The molecule has 2 aromatic carbocycles. The first-order valence-corrected chi connectivity index (χ1v) is 8.92. The minimum atomic E-state index is -0.387. The summed E-state index contributed by atoms with van der Waals surface area (Å²) < 4.78 is 5.12. The number of rotatable bonds is 4. The smallest absolute Gasteiger partial charge is 0.227 e. The van der Waals surface area contributed by atoms with Gasteiger partial charge in [-0.3, -0.25) is 9.59 Å². The molecule has 0 aromatic heterocycles. The number of carbonyl (C=O) groups is 2. The number of halogens is 1. The zero-order chi connectivity index (χ0) is 19.2. The lowest BCUT2D eigenvalue weighted by Crippen LogP contribution is -2.33. The van der Waals surface area contributed by atoms with E-state index in [1.807, 2.05) is 30.3 Å². The second-order valence-electron chi connectivity index (χ2n) is 6.10. The van der Waals surface area contributed by atoms with Crippen LogP contribution in [0, 0.1) is 17.8 Å². The Morgan fingerprint density at radius 2 is 2.00 bits per heavy atom. The van der Waals surface area contributed by atoms with E-state index in [1.54, 1.807) is 30.2 Å². The Balaban J connectivity index is 1.55. The molecule has 1 aliphatic rings. The van der Waals surface area contributed by atoms with Gasteiger partial charge in [-0.25, -0.2) is 0 Å². The molecule has 0 bridgehead atoms. The van der Waals surface area contributed by atoms with E-state index in [2.05, 4.69) is 17.2 Å². The van der Waals surface area contributed by atoms with Crippen LogP contribution in [0.3, 0.4) is 0 Å². The van der Waals surface area contributed by atoms with Crippen LogP contribution in [0.5, 0.6) is 5.75 Å². The number of hydrogen-bond acceptors (Lipinski definition) is 3. The molecule has 1 atom stereocenters. The lowest BCUT2D eigenvalue weighted by molar-refractivity contribution is -0.126. The number of hydrogen-bond donors (Lipinski definition) is 1. The third-order valence-corrected chi connectivity index (χ3v) is 4.66. The summed E-state index contributed by atoms with van der Waals surface area (Å²) in [7, 11) is 1.59. The monoisotopic (exact) mass is 382 g/mol. The maximum absolute atomic E-state index is 12.3. The summed E-state index contributed by atoms with van der Waals surface area (Å²) in [6.07, 6.45) is 0.190. The standard InChI is InChI=1S/C21H19ClN2O3/c1-27-18-10-8-17(9-11-18)24-14-16(13-20(24)25)21(26)23-12-4-6-15-5-2-3-7-19(15)22/h2-3,5,7-11,16H,12-14H2,1H3,(H,23,26). The van der Waals surface area contributed by atoms with E-state index in [1.165, 1.54) is 0 Å². The van der Waals surface area contributed by atoms with Crippen LogP contribution in [0.25, 0.3) is 0 Å². The van der Waals surface area contributed by atoms with E-state index in [9.17, 15) is 9.59 Å². The summed E-state index contributed by atoms with van der Waals surface area (Å²) in [5.41, 5.74) is 1.48. The van der Waals surface area contributed by atoms with Gasteiger partial charge in [0.15, 0.2) is 0 Å². The molecule has 2 aromatic rings. The average Bonchev–Trinajstić information content (AvgIpc) is 3.08. The lowest BCUT2D eigenvalue weighted by atomic mass is 10.1. The van der Waals surface area contributed by atoms with Crippen LogP contribution in [0.1, 0.15) is 12.0 Å². The first-order chi connectivity index (χ1) is 13.1. The first-order valence-electron chi connectivity index (χ1n) is 8.54. The molecule has 1 heterocycles. The van der Waals surface area contributed by atoms with Gasteiger partial charge in [-0.1, -0.05) is 35.6 Å². The van der Waals surface area contributed by atoms with Crippen molar-refractivity contribution >= 4 is 29.1 Å². The van der Waals surface area contributed by atoms with Crippen molar-refractivity contribution in [3.63, 3.8) is 0 Å². The van der Waals surface area contributed by atoms with Gasteiger partial charge >= 0.3 is 0 Å². The van der Waals surface area contributed by atoms with Gasteiger partial charge in [0.25, 0.3) is 0 Å². The molecule has 1 saturated heterocycles. The third kappa shape index (κ3) is 4.60. The summed E-state index contributed by atoms with van der Waals surface area (Å²) >= 11 is 6.04. The number of methoxy groups -OCH3 is 1. The third-order valence-electron chi connectivity index (χ3n) is 4.33. The predicted molar refractivity (Wildman–Crippen MR) is 105 cm³/mol. The minimum Gasteiger partial charge on any atom is -0.497 e. The van der Waals surface area contributed by atoms with Crippen LogP contribution in [0.4, 0.5) is 5.69 Å². The summed E-state index contributed by atoms with van der Waals surface area (Å²) in [6, 6.07) is 14.5. The van der Waals surface area contributed by atoms with Gasteiger partial charge in [0.05, 0.1) is 24.6 Å². The predicted octanol–water partition coefficient (Wildman–Crippen LogP) is 2.87. The zero-order valence-corrected chi connectivity index (χ0v) is 15.6. The van der Waals surface area contributed by atoms with E-state index in [-0.39, 0.29) is 30.7 Å². The Kier molecular flexibility index (Phi) is 6.00. The summed E-state index contributed by atoms with van der Waals surface area (Å²) in [5, 5.41) is 3.35. The topological polar surface area (TPSA) is 58.6 Å². The quantitative estimate of drug-likeness (QED) is 0.827. The van der Waals surface area contributed by atoms with Gasteiger partial charge < -0.3 is 15.0 Å². The fourth-order valence-electron chi connectivity index (χ4n) is 2.87. The molecule has 1 aliphatic heterocycles. The van der Waals surface area contributed by atoms with Gasteiger partial charge in [0.1, 0.15) is 5.75 Å². The molecular weight excluding hydrogens is 364 g/mol. The number of ether oxygens (including phenoxy) is 1. The molecule has 2 amide bonds. The van der Waals surface area contributed by atoms with Crippen molar-refractivity contribution in [3.05, 3.63) is 59.1 Å². The summed E-state index contributed by atoms with van der Waals surface area (Å²) in [4.78, 5) is 26.2. The normalized spacial score (nSPS) is 15.9. The Hall–Kier alpha value is -2.97. The highest BCUT2D eigenvalue weighted by atomic mass is 35.5. The molecular formula is C21H19ClN2O3. The molecule has 1 N–H and O–H groups in total. The van der Waals surface area contributed by atoms with Gasteiger partial charge in [-0.15, -0.1) is 0 Å². The molecule has 0 spiro atoms. The Morgan fingerprint density at radius 1 is 1.26 bits per heavy atom. The van der Waals surface area contributed by atoms with Crippen LogP contribution in [0.15, 0.2) is 48.5 Å². The van der Waals surface area contributed by atoms with Crippen LogP contribution in [-0.2, 0) is 9.59 Å². The number of carbonyl (C=O) groups excluding carboxylic acids is 2. The highest BCUT2D eigenvalue weighted by Gasteiger charge is 2.34. The zero-order valence-electron chi connectivity index (χ0n) is 14.9. The largest absolute Gasteiger partial charge is 0.497 e. The SMILES string of the molecule is COc1ccc(N2CC(C(=O)NCC#Cc3ccccc3Cl)CC2=O)cc1. The second kappa shape index (κ2) is 8.61. The minimum absolute atomic E-state index is 0.0672. The molecule has 1 fully saturated rings. The molecule has 0 radical (unpaired) electrons. The van der Waals surface area contributed by atoms with Crippen LogP contribution < -0.4 is 15.0 Å². The molecule has 5 nitrogen and oxygen atoms in total. The molecule has 0 aliphatic carbocycles. The van der Waals surface area contributed by atoms with Gasteiger partial charge in [-0.2, -0.15) is 0 Å². The highest BCUT2D eigenvalue weighted by Crippen LogP contribution is 2.26. The molecule has 3 rings (SSSR count). The van der Waals surface area contributed by atoms with Crippen molar-refractivity contribution in [2.24, 2.45) is 5.92 Å². The van der Waals surface area contributed by atoms with Gasteiger partial charge in [-0.05, 0) is 36.4 Å². The van der Waals surface area contributed by atoms with Crippen molar-refractivity contribution in [2.75, 3.05) is 25.1 Å². The van der Waals surface area contributed by atoms with Crippen molar-refractivity contribution in [2.45, 2.75) is 6.42 Å². The Morgan fingerprint density at radius 3 is 2.70 bits per heavy atom.